The van der Waals surface area contributed by atoms with E-state index >= 15 is 0 Å². The Morgan fingerprint density at radius 1 is 1.18 bits per heavy atom. The average Bonchev–Trinajstić information content (AvgIpc) is 2.38. The van der Waals surface area contributed by atoms with Gasteiger partial charge in [-0.2, -0.15) is 5.26 Å². The normalized spacial score (nSPS) is 9.71. The number of aromatic nitrogens is 1. The van der Waals surface area contributed by atoms with Gasteiger partial charge in [0.05, 0.1) is 5.56 Å². The molecule has 0 atom stereocenters. The standard InChI is InChI=1S/C14H13N3/c1-11-6-3-4-8-13(11)17(2)14-12(10-15)7-5-9-16-14/h3-9H,1-2H3. The SMILES string of the molecule is Cc1ccccc1N(C)c1ncccc1C#N. The second-order valence-corrected chi connectivity index (χ2v) is 3.83. The van der Waals surface area contributed by atoms with Crippen LogP contribution in [-0.4, -0.2) is 12.0 Å². The zero-order valence-electron chi connectivity index (χ0n) is 9.88. The van der Waals surface area contributed by atoms with Crippen LogP contribution < -0.4 is 4.90 Å². The quantitative estimate of drug-likeness (QED) is 0.785. The molecule has 2 aromatic rings. The van der Waals surface area contributed by atoms with Crippen LogP contribution in [0.15, 0.2) is 42.6 Å². The van der Waals surface area contributed by atoms with Crippen LogP contribution in [0.25, 0.3) is 0 Å². The van der Waals surface area contributed by atoms with Crippen LogP contribution in [0.2, 0.25) is 0 Å². The Bertz CT molecular complexity index is 570. The second-order valence-electron chi connectivity index (χ2n) is 3.83. The van der Waals surface area contributed by atoms with Crippen molar-refractivity contribution in [2.75, 3.05) is 11.9 Å². The molecule has 0 N–H and O–H groups in total. The van der Waals surface area contributed by atoms with Gasteiger partial charge < -0.3 is 4.90 Å². The van der Waals surface area contributed by atoms with Crippen LogP contribution >= 0.6 is 0 Å². The van der Waals surface area contributed by atoms with E-state index in [0.29, 0.717) is 11.4 Å². The van der Waals surface area contributed by atoms with Crippen molar-refractivity contribution in [1.82, 2.24) is 4.98 Å². The Kier molecular flexibility index (Phi) is 3.06. The number of pyridine rings is 1. The number of hydrogen-bond donors (Lipinski definition) is 0. The van der Waals surface area contributed by atoms with Crippen molar-refractivity contribution in [3.8, 4) is 6.07 Å². The monoisotopic (exact) mass is 223 g/mol. The van der Waals surface area contributed by atoms with Crippen LogP contribution in [-0.2, 0) is 0 Å². The molecular weight excluding hydrogens is 210 g/mol. The first-order valence-corrected chi connectivity index (χ1v) is 5.38. The van der Waals surface area contributed by atoms with E-state index in [2.05, 4.69) is 11.1 Å². The van der Waals surface area contributed by atoms with Gasteiger partial charge in [-0.25, -0.2) is 4.98 Å². The van der Waals surface area contributed by atoms with E-state index in [1.54, 1.807) is 18.3 Å². The third kappa shape index (κ3) is 2.11. The summed E-state index contributed by atoms with van der Waals surface area (Å²) in [5.41, 5.74) is 2.80. The van der Waals surface area contributed by atoms with Gasteiger partial charge in [0.15, 0.2) is 5.82 Å². The van der Waals surface area contributed by atoms with Gasteiger partial charge in [-0.1, -0.05) is 18.2 Å². The van der Waals surface area contributed by atoms with Gasteiger partial charge in [0.2, 0.25) is 0 Å². The lowest BCUT2D eigenvalue weighted by atomic mass is 10.1. The first-order valence-electron chi connectivity index (χ1n) is 5.38. The van der Waals surface area contributed by atoms with Gasteiger partial charge in [-0.3, -0.25) is 0 Å². The van der Waals surface area contributed by atoms with E-state index in [-0.39, 0.29) is 0 Å². The summed E-state index contributed by atoms with van der Waals surface area (Å²) in [5.74, 6) is 0.685. The molecule has 0 aliphatic carbocycles. The van der Waals surface area contributed by atoms with Crippen molar-refractivity contribution < 1.29 is 0 Å². The van der Waals surface area contributed by atoms with Crippen LogP contribution in [0, 0.1) is 18.3 Å². The molecule has 0 saturated heterocycles. The molecule has 1 aromatic heterocycles. The van der Waals surface area contributed by atoms with E-state index in [4.69, 9.17) is 5.26 Å². The molecule has 0 spiro atoms. The molecule has 0 aliphatic heterocycles. The number of anilines is 2. The number of rotatable bonds is 2. The predicted molar refractivity (Wildman–Crippen MR) is 68.2 cm³/mol. The minimum Gasteiger partial charge on any atom is -0.328 e. The summed E-state index contributed by atoms with van der Waals surface area (Å²) in [6, 6.07) is 13.7. The zero-order valence-corrected chi connectivity index (χ0v) is 9.88. The number of benzene rings is 1. The van der Waals surface area contributed by atoms with Gasteiger partial charge in [0.1, 0.15) is 6.07 Å². The minimum absolute atomic E-state index is 0.582. The van der Waals surface area contributed by atoms with Crippen molar-refractivity contribution in [3.63, 3.8) is 0 Å². The van der Waals surface area contributed by atoms with Crippen molar-refractivity contribution in [2.45, 2.75) is 6.92 Å². The second kappa shape index (κ2) is 4.67. The molecule has 0 unspecified atom stereocenters. The molecule has 0 saturated carbocycles. The van der Waals surface area contributed by atoms with E-state index < -0.39 is 0 Å². The maximum atomic E-state index is 9.07. The van der Waals surface area contributed by atoms with Crippen molar-refractivity contribution in [3.05, 3.63) is 53.7 Å². The smallest absolute Gasteiger partial charge is 0.150 e. The number of hydrogen-bond acceptors (Lipinski definition) is 3. The van der Waals surface area contributed by atoms with Gasteiger partial charge in [0, 0.05) is 18.9 Å². The van der Waals surface area contributed by atoms with Crippen LogP contribution in [0.3, 0.4) is 0 Å². The Balaban J connectivity index is 2.48. The number of para-hydroxylation sites is 1. The highest BCUT2D eigenvalue weighted by molar-refractivity contribution is 5.67. The van der Waals surface area contributed by atoms with Gasteiger partial charge in [-0.05, 0) is 30.7 Å². The van der Waals surface area contributed by atoms with Crippen LogP contribution in [0.1, 0.15) is 11.1 Å². The lowest BCUT2D eigenvalue weighted by Crippen LogP contribution is -2.13. The number of nitrogens with zero attached hydrogens (tertiary/aromatic N) is 3. The van der Waals surface area contributed by atoms with Gasteiger partial charge in [-0.15, -0.1) is 0 Å². The fourth-order valence-corrected chi connectivity index (χ4v) is 1.81. The predicted octanol–water partition coefficient (Wildman–Crippen LogP) is 3.03. The first kappa shape index (κ1) is 11.2. The van der Waals surface area contributed by atoms with E-state index in [1.165, 1.54) is 0 Å². The largest absolute Gasteiger partial charge is 0.328 e. The molecule has 84 valence electrons. The molecule has 0 radical (unpaired) electrons. The molecule has 1 aromatic carbocycles. The lowest BCUT2D eigenvalue weighted by Gasteiger charge is -2.21. The van der Waals surface area contributed by atoms with Crippen LogP contribution in [0.5, 0.6) is 0 Å². The van der Waals surface area contributed by atoms with Gasteiger partial charge >= 0.3 is 0 Å². The molecule has 0 fully saturated rings. The summed E-state index contributed by atoms with van der Waals surface area (Å²) in [6.07, 6.45) is 1.70. The molecule has 0 bridgehead atoms. The highest BCUT2D eigenvalue weighted by atomic mass is 15.2. The van der Waals surface area contributed by atoms with Crippen LogP contribution in [0.4, 0.5) is 11.5 Å². The number of aryl methyl sites for hydroxylation is 1. The molecular formula is C14H13N3. The summed E-state index contributed by atoms with van der Waals surface area (Å²) in [4.78, 5) is 6.21. The van der Waals surface area contributed by atoms with E-state index in [9.17, 15) is 0 Å². The molecule has 0 amide bonds. The number of nitriles is 1. The Morgan fingerprint density at radius 2 is 1.94 bits per heavy atom. The van der Waals surface area contributed by atoms with Gasteiger partial charge in [0.25, 0.3) is 0 Å². The highest BCUT2D eigenvalue weighted by Crippen LogP contribution is 2.26. The summed E-state index contributed by atoms with van der Waals surface area (Å²) >= 11 is 0. The molecule has 0 aliphatic rings. The maximum Gasteiger partial charge on any atom is 0.150 e. The fourth-order valence-electron chi connectivity index (χ4n) is 1.81. The fraction of sp³-hybridized carbons (Fsp3) is 0.143. The lowest BCUT2D eigenvalue weighted by molar-refractivity contribution is 1.11. The average molecular weight is 223 g/mol. The Labute approximate surface area is 101 Å². The summed E-state index contributed by atoms with van der Waals surface area (Å²) in [6.45, 7) is 2.04. The minimum atomic E-state index is 0.582. The Morgan fingerprint density at radius 3 is 2.65 bits per heavy atom. The molecule has 1 heterocycles. The molecule has 3 heteroatoms. The summed E-state index contributed by atoms with van der Waals surface area (Å²) < 4.78 is 0. The van der Waals surface area contributed by atoms with Crippen molar-refractivity contribution in [1.29, 1.82) is 5.26 Å². The third-order valence-electron chi connectivity index (χ3n) is 2.70. The topological polar surface area (TPSA) is 39.9 Å². The molecule has 17 heavy (non-hydrogen) atoms. The Hall–Kier alpha value is -2.34. The summed E-state index contributed by atoms with van der Waals surface area (Å²) in [7, 11) is 1.92. The highest BCUT2D eigenvalue weighted by Gasteiger charge is 2.11. The van der Waals surface area contributed by atoms with Crippen molar-refractivity contribution >= 4 is 11.5 Å². The zero-order chi connectivity index (χ0) is 12.3. The first-order chi connectivity index (χ1) is 8.24. The van der Waals surface area contributed by atoms with E-state index in [1.807, 2.05) is 43.1 Å². The van der Waals surface area contributed by atoms with E-state index in [0.717, 1.165) is 11.3 Å². The summed E-state index contributed by atoms with van der Waals surface area (Å²) in [5, 5.41) is 9.07. The van der Waals surface area contributed by atoms with Crippen molar-refractivity contribution in [2.24, 2.45) is 0 Å². The maximum absolute atomic E-state index is 9.07. The third-order valence-corrected chi connectivity index (χ3v) is 2.70. The molecule has 2 rings (SSSR count). The molecule has 3 nitrogen and oxygen atoms in total.